The van der Waals surface area contributed by atoms with Gasteiger partial charge in [-0.15, -0.1) is 0 Å². The second-order valence-corrected chi connectivity index (χ2v) is 3.80. The maximum absolute atomic E-state index is 11.9. The van der Waals surface area contributed by atoms with E-state index in [0.29, 0.717) is 6.61 Å². The second-order valence-electron chi connectivity index (χ2n) is 3.80. The van der Waals surface area contributed by atoms with Crippen LogP contribution in [0.5, 0.6) is 0 Å². The molecule has 0 heterocycles. The Labute approximate surface area is 103 Å². The van der Waals surface area contributed by atoms with Crippen molar-refractivity contribution in [1.82, 2.24) is 5.32 Å². The Morgan fingerprint density at radius 2 is 2.00 bits per heavy atom. The van der Waals surface area contributed by atoms with Gasteiger partial charge in [0.15, 0.2) is 0 Å². The van der Waals surface area contributed by atoms with Crippen LogP contribution in [0.15, 0.2) is 24.3 Å². The maximum atomic E-state index is 11.9. The first kappa shape index (κ1) is 13.7. The van der Waals surface area contributed by atoms with E-state index in [4.69, 9.17) is 4.74 Å². The number of carbonyl (C=O) groups is 1. The number of benzene rings is 1. The first-order chi connectivity index (χ1) is 8.24. The number of rotatable bonds is 6. The van der Waals surface area contributed by atoms with Crippen LogP contribution >= 0.6 is 0 Å². The Morgan fingerprint density at radius 3 is 2.59 bits per heavy atom. The molecule has 1 aromatic rings. The average Bonchev–Trinajstić information content (AvgIpc) is 2.36. The largest absolute Gasteiger partial charge is 0.465 e. The van der Waals surface area contributed by atoms with E-state index in [9.17, 15) is 4.79 Å². The van der Waals surface area contributed by atoms with E-state index in [-0.39, 0.29) is 12.0 Å². The summed E-state index contributed by atoms with van der Waals surface area (Å²) in [6.45, 7) is 7.05. The molecule has 0 bridgehead atoms. The lowest BCUT2D eigenvalue weighted by atomic mass is 9.98. The Morgan fingerprint density at radius 1 is 1.29 bits per heavy atom. The number of ether oxygens (including phenoxy) is 1. The van der Waals surface area contributed by atoms with Crippen LogP contribution in [0.25, 0.3) is 0 Å². The van der Waals surface area contributed by atoms with Gasteiger partial charge in [0.25, 0.3) is 0 Å². The summed E-state index contributed by atoms with van der Waals surface area (Å²) < 4.78 is 5.11. The molecular weight excluding hydrogens is 214 g/mol. The minimum atomic E-state index is -0.351. The molecule has 0 amide bonds. The molecule has 0 aliphatic rings. The molecule has 17 heavy (non-hydrogen) atoms. The van der Waals surface area contributed by atoms with E-state index in [2.05, 4.69) is 18.3 Å². The number of aryl methyl sites for hydroxylation is 1. The van der Waals surface area contributed by atoms with E-state index in [1.807, 2.05) is 32.0 Å². The first-order valence-electron chi connectivity index (χ1n) is 6.22. The molecule has 0 fully saturated rings. The number of carbonyl (C=O) groups excluding carboxylic acids is 1. The van der Waals surface area contributed by atoms with Crippen LogP contribution in [0.4, 0.5) is 0 Å². The third kappa shape index (κ3) is 3.56. The van der Waals surface area contributed by atoms with Gasteiger partial charge in [-0.3, -0.25) is 0 Å². The van der Waals surface area contributed by atoms with Gasteiger partial charge in [-0.2, -0.15) is 0 Å². The zero-order chi connectivity index (χ0) is 12.7. The van der Waals surface area contributed by atoms with Gasteiger partial charge in [0.1, 0.15) is 6.04 Å². The fraction of sp³-hybridized carbons (Fsp3) is 0.500. The molecule has 94 valence electrons. The molecule has 0 spiro atoms. The monoisotopic (exact) mass is 235 g/mol. The van der Waals surface area contributed by atoms with Gasteiger partial charge in [0.05, 0.1) is 6.61 Å². The van der Waals surface area contributed by atoms with Crippen molar-refractivity contribution in [2.75, 3.05) is 13.2 Å². The Kier molecular flexibility index (Phi) is 5.70. The Hall–Kier alpha value is -1.35. The third-order valence-electron chi connectivity index (χ3n) is 2.68. The molecule has 1 rings (SSSR count). The van der Waals surface area contributed by atoms with Crippen molar-refractivity contribution in [3.8, 4) is 0 Å². The van der Waals surface area contributed by atoms with Crippen molar-refractivity contribution in [1.29, 1.82) is 0 Å². The number of hydrogen-bond donors (Lipinski definition) is 1. The highest BCUT2D eigenvalue weighted by atomic mass is 16.5. The summed E-state index contributed by atoms with van der Waals surface area (Å²) in [6.07, 6.45) is 0.914. The topological polar surface area (TPSA) is 38.3 Å². The van der Waals surface area contributed by atoms with Gasteiger partial charge in [0.2, 0.25) is 0 Å². The molecule has 3 heteroatoms. The molecule has 1 unspecified atom stereocenters. The highest BCUT2D eigenvalue weighted by Gasteiger charge is 2.22. The predicted molar refractivity (Wildman–Crippen MR) is 68.9 cm³/mol. The van der Waals surface area contributed by atoms with Crippen molar-refractivity contribution in [2.24, 2.45) is 0 Å². The van der Waals surface area contributed by atoms with Crippen LogP contribution in [0.2, 0.25) is 0 Å². The Balaban J connectivity index is 3.00. The normalized spacial score (nSPS) is 12.2. The summed E-state index contributed by atoms with van der Waals surface area (Å²) in [5, 5.41) is 3.18. The minimum absolute atomic E-state index is 0.199. The van der Waals surface area contributed by atoms with Gasteiger partial charge in [0, 0.05) is 0 Å². The van der Waals surface area contributed by atoms with E-state index >= 15 is 0 Å². The van der Waals surface area contributed by atoms with Crippen molar-refractivity contribution in [2.45, 2.75) is 33.2 Å². The molecule has 0 aliphatic heterocycles. The van der Waals surface area contributed by atoms with E-state index in [1.165, 1.54) is 5.56 Å². The van der Waals surface area contributed by atoms with Crippen LogP contribution in [0.1, 0.15) is 37.9 Å². The van der Waals surface area contributed by atoms with Crippen LogP contribution < -0.4 is 5.32 Å². The summed E-state index contributed by atoms with van der Waals surface area (Å²) in [5.74, 6) is -0.199. The molecule has 0 saturated carbocycles. The van der Waals surface area contributed by atoms with E-state index in [0.717, 1.165) is 18.5 Å². The lowest BCUT2D eigenvalue weighted by molar-refractivity contribution is -0.145. The number of hydrogen-bond acceptors (Lipinski definition) is 3. The summed E-state index contributed by atoms with van der Waals surface area (Å²) in [5.41, 5.74) is 2.21. The molecule has 3 nitrogen and oxygen atoms in total. The highest BCUT2D eigenvalue weighted by molar-refractivity contribution is 5.78. The summed E-state index contributed by atoms with van der Waals surface area (Å²) in [4.78, 5) is 11.9. The van der Waals surface area contributed by atoms with Gasteiger partial charge in [-0.25, -0.2) is 4.79 Å². The zero-order valence-corrected chi connectivity index (χ0v) is 10.8. The molecule has 0 radical (unpaired) electrons. The number of likely N-dealkylation sites (N-methyl/N-ethyl adjacent to an activating group) is 1. The summed E-state index contributed by atoms with van der Waals surface area (Å²) in [6, 6.07) is 7.65. The molecule has 1 N–H and O–H groups in total. The maximum Gasteiger partial charge on any atom is 0.327 e. The molecule has 0 saturated heterocycles. The molecule has 0 aliphatic carbocycles. The minimum Gasteiger partial charge on any atom is -0.465 e. The fourth-order valence-corrected chi connectivity index (χ4v) is 1.89. The molecular formula is C14H21NO2. The second kappa shape index (κ2) is 7.07. The van der Waals surface area contributed by atoms with Crippen molar-refractivity contribution in [3.05, 3.63) is 35.4 Å². The summed E-state index contributed by atoms with van der Waals surface area (Å²) >= 11 is 0. The Bertz CT molecular complexity index is 363. The average molecular weight is 235 g/mol. The first-order valence-corrected chi connectivity index (χ1v) is 6.22. The standard InChI is InChI=1S/C14H21NO2/c1-4-11-9-7-8-10-12(11)13(15-5-2)14(16)17-6-3/h7-10,13,15H,4-6H2,1-3H3. The van der Waals surface area contributed by atoms with E-state index in [1.54, 1.807) is 0 Å². The van der Waals surface area contributed by atoms with Crippen LogP contribution in [0.3, 0.4) is 0 Å². The zero-order valence-electron chi connectivity index (χ0n) is 10.8. The van der Waals surface area contributed by atoms with Gasteiger partial charge < -0.3 is 10.1 Å². The third-order valence-corrected chi connectivity index (χ3v) is 2.68. The molecule has 0 aromatic heterocycles. The number of nitrogens with one attached hydrogen (secondary N) is 1. The molecule has 1 atom stereocenters. The smallest absolute Gasteiger partial charge is 0.327 e. The lowest BCUT2D eigenvalue weighted by Gasteiger charge is -2.19. The van der Waals surface area contributed by atoms with Crippen molar-refractivity contribution < 1.29 is 9.53 Å². The van der Waals surface area contributed by atoms with Crippen LogP contribution in [-0.4, -0.2) is 19.1 Å². The lowest BCUT2D eigenvalue weighted by Crippen LogP contribution is -2.30. The van der Waals surface area contributed by atoms with Crippen molar-refractivity contribution in [3.63, 3.8) is 0 Å². The predicted octanol–water partition coefficient (Wildman–Crippen LogP) is 2.46. The summed E-state index contributed by atoms with van der Waals surface area (Å²) in [7, 11) is 0. The van der Waals surface area contributed by atoms with Crippen LogP contribution in [0, 0.1) is 0 Å². The van der Waals surface area contributed by atoms with Gasteiger partial charge >= 0.3 is 5.97 Å². The highest BCUT2D eigenvalue weighted by Crippen LogP contribution is 2.20. The fourth-order valence-electron chi connectivity index (χ4n) is 1.89. The van der Waals surface area contributed by atoms with Crippen LogP contribution in [-0.2, 0) is 16.0 Å². The van der Waals surface area contributed by atoms with Gasteiger partial charge in [-0.1, -0.05) is 38.1 Å². The quantitative estimate of drug-likeness (QED) is 0.770. The van der Waals surface area contributed by atoms with Gasteiger partial charge in [-0.05, 0) is 31.0 Å². The number of esters is 1. The van der Waals surface area contributed by atoms with Crippen molar-refractivity contribution >= 4 is 5.97 Å². The SMILES string of the molecule is CCNC(C(=O)OCC)c1ccccc1CC. The molecule has 1 aromatic carbocycles. The van der Waals surface area contributed by atoms with E-state index < -0.39 is 0 Å².